The molecule has 0 heterocycles. The highest BCUT2D eigenvalue weighted by molar-refractivity contribution is 7.48. The molecule has 1 N–H and O–H groups in total. The van der Waals surface area contributed by atoms with Crippen molar-refractivity contribution >= 4 is 13.9 Å². The lowest BCUT2D eigenvalue weighted by Gasteiger charge is -2.24. The Morgan fingerprint density at radius 2 is 1.53 bits per heavy atom. The predicted octanol–water partition coefficient (Wildman–Crippen LogP) is 4.97. The fourth-order valence-corrected chi connectivity index (χ4v) is 3.42. The van der Waals surface area contributed by atoms with Gasteiger partial charge in [0.05, 0.1) is 12.6 Å². The van der Waals surface area contributed by atoms with Gasteiger partial charge in [0.1, 0.15) is 18.0 Å². The van der Waals surface area contributed by atoms with E-state index in [9.17, 15) is 9.36 Å². The Balaban J connectivity index is 1.97. The number of carbonyl (C=O) groups is 1. The Labute approximate surface area is 189 Å². The maximum atomic E-state index is 12.2. The molecule has 0 saturated heterocycles. The Morgan fingerprint density at radius 1 is 0.938 bits per heavy atom. The molecule has 1 amide bonds. The first-order valence-electron chi connectivity index (χ1n) is 10.2. The first kappa shape index (κ1) is 25.9. The number of hydrogen-bond donors (Lipinski definition) is 1. The van der Waals surface area contributed by atoms with E-state index in [2.05, 4.69) is 17.4 Å². The molecule has 0 fully saturated rings. The van der Waals surface area contributed by atoms with Crippen molar-refractivity contribution in [1.29, 1.82) is 0 Å². The summed E-state index contributed by atoms with van der Waals surface area (Å²) in [5.74, 6) is 0.625. The van der Waals surface area contributed by atoms with Crippen LogP contribution in [0, 0.1) is 0 Å². The van der Waals surface area contributed by atoms with E-state index in [4.69, 9.17) is 23.0 Å². The molecular weight excluding hydrogens is 433 g/mol. The van der Waals surface area contributed by atoms with Crippen molar-refractivity contribution in [3.05, 3.63) is 65.7 Å². The van der Waals surface area contributed by atoms with Gasteiger partial charge in [0, 0.05) is 14.2 Å². The van der Waals surface area contributed by atoms with Crippen molar-refractivity contribution in [2.24, 2.45) is 0 Å². The quantitative estimate of drug-likeness (QED) is 0.469. The predicted molar refractivity (Wildman–Crippen MR) is 122 cm³/mol. The molecule has 0 aliphatic heterocycles. The fourth-order valence-electron chi connectivity index (χ4n) is 2.70. The highest BCUT2D eigenvalue weighted by Gasteiger charge is 2.27. The zero-order valence-corrected chi connectivity index (χ0v) is 20.1. The van der Waals surface area contributed by atoms with Gasteiger partial charge in [-0.2, -0.15) is 0 Å². The minimum absolute atomic E-state index is 0.0602. The molecule has 176 valence electrons. The summed E-state index contributed by atoms with van der Waals surface area (Å²) >= 11 is 0. The summed E-state index contributed by atoms with van der Waals surface area (Å²) < 4.78 is 38.1. The summed E-state index contributed by atoms with van der Waals surface area (Å²) in [6, 6.07) is 17.2. The summed E-state index contributed by atoms with van der Waals surface area (Å²) in [5, 5.41) is 2.67. The van der Waals surface area contributed by atoms with E-state index in [1.54, 1.807) is 20.8 Å². The van der Waals surface area contributed by atoms with Crippen LogP contribution in [-0.4, -0.2) is 45.2 Å². The lowest BCUT2D eigenvalue weighted by Crippen LogP contribution is -2.44. The molecule has 0 aromatic heterocycles. The number of amides is 1. The minimum atomic E-state index is -3.70. The molecule has 1 atom stereocenters. The number of benzene rings is 2. The van der Waals surface area contributed by atoms with Gasteiger partial charge in [-0.25, -0.2) is 9.36 Å². The molecule has 0 bridgehead atoms. The van der Waals surface area contributed by atoms with Crippen LogP contribution in [-0.2, 0) is 29.3 Å². The van der Waals surface area contributed by atoms with Crippen molar-refractivity contribution in [2.45, 2.75) is 38.8 Å². The molecule has 2 aromatic rings. The first-order chi connectivity index (χ1) is 15.1. The van der Waals surface area contributed by atoms with Gasteiger partial charge in [-0.05, 0) is 50.5 Å². The highest BCUT2D eigenvalue weighted by Crippen LogP contribution is 2.47. The number of nitrogens with one attached hydrogen (secondary N) is 1. The van der Waals surface area contributed by atoms with Crippen LogP contribution in [0.25, 0.3) is 0 Å². The van der Waals surface area contributed by atoms with Crippen LogP contribution in [0.2, 0.25) is 0 Å². The zero-order chi connectivity index (χ0) is 23.6. The largest absolute Gasteiger partial charge is 0.491 e. The molecule has 0 unspecified atom stereocenters. The van der Waals surface area contributed by atoms with Crippen LogP contribution < -0.4 is 10.1 Å². The second-order valence-electron chi connectivity index (χ2n) is 8.07. The number of hydrogen-bond acceptors (Lipinski definition) is 7. The van der Waals surface area contributed by atoms with Crippen molar-refractivity contribution in [2.75, 3.05) is 27.4 Å². The Morgan fingerprint density at radius 3 is 2.09 bits per heavy atom. The second-order valence-corrected chi connectivity index (χ2v) is 9.95. The third-order valence-corrected chi connectivity index (χ3v) is 5.59. The summed E-state index contributed by atoms with van der Waals surface area (Å²) in [4.78, 5) is 12.2. The van der Waals surface area contributed by atoms with Crippen molar-refractivity contribution in [3.8, 4) is 5.75 Å². The van der Waals surface area contributed by atoms with Gasteiger partial charge < -0.3 is 14.8 Å². The van der Waals surface area contributed by atoms with Gasteiger partial charge >= 0.3 is 13.9 Å². The van der Waals surface area contributed by atoms with Crippen molar-refractivity contribution in [1.82, 2.24) is 5.32 Å². The molecule has 0 radical (unpaired) electrons. The summed E-state index contributed by atoms with van der Waals surface area (Å²) in [7, 11) is -1.27. The average molecular weight is 465 g/mol. The standard InChI is InChI=1S/C23H32NO7P/c1-23(2,3)31-22(25)24-20(17-30-32(26,27-4)28-5)16-29-21-13-11-19(12-14-21)15-18-9-7-6-8-10-18/h6-14,20H,15-17H2,1-5H3,(H,24,25)/t20-/m1/s1. The number of alkyl carbamates (subject to hydrolysis) is 1. The van der Waals surface area contributed by atoms with Crippen LogP contribution in [0.3, 0.4) is 0 Å². The van der Waals surface area contributed by atoms with E-state index in [0.717, 1.165) is 12.0 Å². The molecule has 2 aromatic carbocycles. The summed E-state index contributed by atoms with van der Waals surface area (Å²) in [6.45, 7) is 5.18. The third kappa shape index (κ3) is 9.40. The van der Waals surface area contributed by atoms with Gasteiger partial charge in [-0.15, -0.1) is 0 Å². The number of carbonyl (C=O) groups excluding carboxylic acids is 1. The topological polar surface area (TPSA) is 92.3 Å². The molecule has 0 aliphatic carbocycles. The van der Waals surface area contributed by atoms with Crippen LogP contribution in [0.4, 0.5) is 4.79 Å². The Bertz CT molecular complexity index is 873. The normalized spacial score (nSPS) is 12.8. The smallest absolute Gasteiger partial charge is 0.474 e. The van der Waals surface area contributed by atoms with Gasteiger partial charge in [0.2, 0.25) is 0 Å². The molecule has 8 nitrogen and oxygen atoms in total. The van der Waals surface area contributed by atoms with Crippen LogP contribution >= 0.6 is 7.82 Å². The van der Waals surface area contributed by atoms with Crippen molar-refractivity contribution < 1.29 is 32.4 Å². The van der Waals surface area contributed by atoms with Crippen molar-refractivity contribution in [3.63, 3.8) is 0 Å². The van der Waals surface area contributed by atoms with Crippen LogP contribution in [0.1, 0.15) is 31.9 Å². The fraction of sp³-hybridized carbons (Fsp3) is 0.435. The summed E-state index contributed by atoms with van der Waals surface area (Å²) in [6.07, 6.45) is 0.179. The lowest BCUT2D eigenvalue weighted by atomic mass is 10.1. The van der Waals surface area contributed by atoms with E-state index >= 15 is 0 Å². The maximum Gasteiger partial charge on any atom is 0.474 e. The monoisotopic (exact) mass is 465 g/mol. The molecular formula is C23H32NO7P. The van der Waals surface area contributed by atoms with E-state index in [0.29, 0.717) is 5.75 Å². The lowest BCUT2D eigenvalue weighted by molar-refractivity contribution is 0.0447. The minimum Gasteiger partial charge on any atom is -0.491 e. The van der Waals surface area contributed by atoms with Crippen LogP contribution in [0.5, 0.6) is 5.75 Å². The average Bonchev–Trinajstić information content (AvgIpc) is 2.76. The highest BCUT2D eigenvalue weighted by atomic mass is 31.2. The number of ether oxygens (including phenoxy) is 2. The van der Waals surface area contributed by atoms with Gasteiger partial charge in [0.15, 0.2) is 0 Å². The SMILES string of the molecule is COP(=O)(OC)OC[C@@H](COc1ccc(Cc2ccccc2)cc1)NC(=O)OC(C)(C)C. The zero-order valence-electron chi connectivity index (χ0n) is 19.2. The number of rotatable bonds is 11. The van der Waals surface area contributed by atoms with E-state index in [-0.39, 0.29) is 13.2 Å². The summed E-state index contributed by atoms with van der Waals surface area (Å²) in [5.41, 5.74) is 1.70. The van der Waals surface area contributed by atoms with E-state index in [1.807, 2.05) is 42.5 Å². The molecule has 0 saturated carbocycles. The Kier molecular flexibility index (Phi) is 9.72. The molecule has 9 heteroatoms. The number of phosphoric acid groups is 1. The van der Waals surface area contributed by atoms with E-state index in [1.165, 1.54) is 19.8 Å². The van der Waals surface area contributed by atoms with Gasteiger partial charge in [0.25, 0.3) is 0 Å². The Hall–Kier alpha value is -2.38. The number of phosphoric ester groups is 1. The second kappa shape index (κ2) is 12.0. The first-order valence-corrected chi connectivity index (χ1v) is 11.7. The third-order valence-electron chi connectivity index (χ3n) is 4.23. The van der Waals surface area contributed by atoms with E-state index < -0.39 is 25.6 Å². The van der Waals surface area contributed by atoms with Gasteiger partial charge in [-0.1, -0.05) is 42.5 Å². The van der Waals surface area contributed by atoms with Crippen LogP contribution in [0.15, 0.2) is 54.6 Å². The molecule has 32 heavy (non-hydrogen) atoms. The molecule has 0 spiro atoms. The molecule has 2 rings (SSSR count). The van der Waals surface area contributed by atoms with Gasteiger partial charge in [-0.3, -0.25) is 13.6 Å². The maximum absolute atomic E-state index is 12.2. The molecule has 0 aliphatic rings.